The van der Waals surface area contributed by atoms with E-state index >= 15 is 0 Å². The first-order valence-electron chi connectivity index (χ1n) is 11.9. The summed E-state index contributed by atoms with van der Waals surface area (Å²) in [7, 11) is 2.12. The molecule has 4 aromatic carbocycles. The van der Waals surface area contributed by atoms with E-state index in [1.807, 2.05) is 12.1 Å². The van der Waals surface area contributed by atoms with Gasteiger partial charge in [-0.25, -0.2) is 4.57 Å². The van der Waals surface area contributed by atoms with E-state index in [0.29, 0.717) is 6.04 Å². The highest BCUT2D eigenvalue weighted by atomic mass is 15.0. The minimum Gasteiger partial charge on any atom is -0.309 e. The van der Waals surface area contributed by atoms with Crippen molar-refractivity contribution in [1.82, 2.24) is 4.57 Å². The molecule has 0 fully saturated rings. The van der Waals surface area contributed by atoms with Crippen molar-refractivity contribution < 1.29 is 5.94 Å². The van der Waals surface area contributed by atoms with Gasteiger partial charge in [0.25, 0.3) is 0 Å². The maximum Gasteiger partial charge on any atom is 0.220 e. The van der Waals surface area contributed by atoms with Crippen LogP contribution in [0.25, 0.3) is 49.5 Å². The Morgan fingerprint density at radius 2 is 1.52 bits per heavy atom. The summed E-state index contributed by atoms with van der Waals surface area (Å²) in [5.41, 5.74) is 9.59. The van der Waals surface area contributed by atoms with Gasteiger partial charge in [-0.1, -0.05) is 48.0 Å². The van der Waals surface area contributed by atoms with E-state index in [9.17, 15) is 0 Å². The molecule has 0 aliphatic rings. The third kappa shape index (κ3) is 2.98. The lowest BCUT2D eigenvalue weighted by molar-refractivity contribution is -0.659. The molecule has 0 aliphatic heterocycles. The molecular weight excluding hydrogens is 400 g/mol. The Labute approximate surface area is 195 Å². The van der Waals surface area contributed by atoms with Crippen molar-refractivity contribution in [1.29, 1.82) is 0 Å². The number of aryl methyl sites for hydroxylation is 3. The van der Waals surface area contributed by atoms with Gasteiger partial charge in [-0.2, -0.15) is 0 Å². The van der Waals surface area contributed by atoms with Crippen LogP contribution in [0.5, 0.6) is 0 Å². The minimum atomic E-state index is 0.541. The van der Waals surface area contributed by atoms with E-state index in [1.54, 1.807) is 0 Å². The predicted octanol–water partition coefficient (Wildman–Crippen LogP) is 7.35. The van der Waals surface area contributed by atoms with Crippen LogP contribution in [0.3, 0.4) is 0 Å². The predicted molar refractivity (Wildman–Crippen MR) is 139 cm³/mol. The Kier molecular flexibility index (Phi) is 4.13. The van der Waals surface area contributed by atoms with E-state index in [4.69, 9.17) is 1.37 Å². The van der Waals surface area contributed by atoms with E-state index in [1.165, 1.54) is 44.1 Å². The molecule has 0 aliphatic carbocycles. The molecule has 160 valence electrons. The summed E-state index contributed by atoms with van der Waals surface area (Å²) < 4.78 is 13.1. The third-order valence-corrected chi connectivity index (χ3v) is 6.94. The average Bonchev–Trinajstić information content (AvgIpc) is 3.17. The molecular formula is C31H27N2+. The molecule has 6 aromatic rings. The number of rotatable bonds is 2. The van der Waals surface area contributed by atoms with Crippen molar-refractivity contribution in [2.24, 2.45) is 7.05 Å². The zero-order valence-electron chi connectivity index (χ0n) is 20.5. The fraction of sp³-hybridized carbons (Fsp3) is 0.129. The average molecular weight is 429 g/mol. The second kappa shape index (κ2) is 7.31. The summed E-state index contributed by atoms with van der Waals surface area (Å²) in [4.78, 5) is 0. The second-order valence-electron chi connectivity index (χ2n) is 9.09. The molecule has 0 amide bonds. The highest BCUT2D eigenvalue weighted by Gasteiger charge is 2.19. The lowest BCUT2D eigenvalue weighted by Crippen LogP contribution is -2.30. The number of hydrogen-bond acceptors (Lipinski definition) is 0. The molecule has 0 atom stereocenters. The smallest absolute Gasteiger partial charge is 0.220 e. The molecule has 0 saturated carbocycles. The lowest BCUT2D eigenvalue weighted by Gasteiger charge is -2.13. The van der Waals surface area contributed by atoms with Crippen molar-refractivity contribution in [2.45, 2.75) is 20.8 Å². The Bertz CT molecular complexity index is 1760. The largest absolute Gasteiger partial charge is 0.309 e. The van der Waals surface area contributed by atoms with Crippen molar-refractivity contribution >= 4 is 32.6 Å². The molecule has 2 aromatic heterocycles. The molecule has 0 saturated heterocycles. The van der Waals surface area contributed by atoms with Gasteiger partial charge in [0, 0.05) is 22.5 Å². The molecule has 2 nitrogen and oxygen atoms in total. The Morgan fingerprint density at radius 1 is 0.758 bits per heavy atom. The Morgan fingerprint density at radius 3 is 2.36 bits per heavy atom. The number of aromatic nitrogens is 2. The van der Waals surface area contributed by atoms with E-state index in [2.05, 4.69) is 110 Å². The van der Waals surface area contributed by atoms with Crippen LogP contribution >= 0.6 is 0 Å². The first kappa shape index (κ1) is 18.6. The van der Waals surface area contributed by atoms with Gasteiger partial charge in [0.15, 0.2) is 6.20 Å². The van der Waals surface area contributed by atoms with Gasteiger partial charge in [-0.05, 0) is 73.7 Å². The van der Waals surface area contributed by atoms with Crippen LogP contribution in [-0.4, -0.2) is 4.57 Å². The zero-order valence-corrected chi connectivity index (χ0v) is 19.5. The number of para-hydroxylation sites is 2. The molecule has 0 radical (unpaired) electrons. The van der Waals surface area contributed by atoms with Gasteiger partial charge in [-0.3, -0.25) is 0 Å². The SMILES string of the molecule is [2H]c1cccc2c3ccccc3n(-c3ccc4c(-c5cc(C)cc(C)c5C)[n+](C)ccc4c3)c12. The first-order valence-corrected chi connectivity index (χ1v) is 11.4. The van der Waals surface area contributed by atoms with Crippen molar-refractivity contribution in [3.8, 4) is 16.9 Å². The Balaban J connectivity index is 1.66. The molecule has 33 heavy (non-hydrogen) atoms. The van der Waals surface area contributed by atoms with Crippen molar-refractivity contribution in [3.05, 3.63) is 108 Å². The summed E-state index contributed by atoms with van der Waals surface area (Å²) in [5.74, 6) is 0. The third-order valence-electron chi connectivity index (χ3n) is 6.94. The Hall–Kier alpha value is -3.91. The monoisotopic (exact) mass is 428 g/mol. The second-order valence-corrected chi connectivity index (χ2v) is 9.09. The molecule has 0 N–H and O–H groups in total. The summed E-state index contributed by atoms with van der Waals surface area (Å²) in [6, 6.07) is 28.4. The van der Waals surface area contributed by atoms with Crippen LogP contribution in [-0.2, 0) is 7.05 Å². The van der Waals surface area contributed by atoms with Crippen molar-refractivity contribution in [2.75, 3.05) is 0 Å². The summed E-state index contributed by atoms with van der Waals surface area (Å²) in [6.45, 7) is 6.57. The quantitative estimate of drug-likeness (QED) is 0.255. The van der Waals surface area contributed by atoms with Crippen LogP contribution in [0, 0.1) is 20.8 Å². The molecule has 0 spiro atoms. The van der Waals surface area contributed by atoms with Gasteiger partial charge in [0.1, 0.15) is 7.05 Å². The first-order chi connectivity index (χ1) is 16.4. The number of pyridine rings is 1. The molecule has 0 unspecified atom stereocenters. The van der Waals surface area contributed by atoms with Crippen LogP contribution in [0.2, 0.25) is 0 Å². The van der Waals surface area contributed by atoms with Crippen LogP contribution in [0.15, 0.2) is 91.1 Å². The maximum atomic E-state index is 8.66. The normalized spacial score (nSPS) is 12.1. The molecule has 2 heterocycles. The van der Waals surface area contributed by atoms with Gasteiger partial charge < -0.3 is 4.57 Å². The maximum absolute atomic E-state index is 8.66. The molecule has 2 heteroatoms. The summed E-state index contributed by atoms with van der Waals surface area (Å²) in [6.07, 6.45) is 2.15. The summed E-state index contributed by atoms with van der Waals surface area (Å²) >= 11 is 0. The van der Waals surface area contributed by atoms with Gasteiger partial charge >= 0.3 is 0 Å². The molecule has 0 bridgehead atoms. The number of fused-ring (bicyclic) bond motifs is 4. The van der Waals surface area contributed by atoms with Gasteiger partial charge in [0.2, 0.25) is 5.69 Å². The number of benzene rings is 4. The topological polar surface area (TPSA) is 8.81 Å². The number of nitrogens with zero attached hydrogens (tertiary/aromatic N) is 2. The van der Waals surface area contributed by atoms with Crippen LogP contribution in [0.4, 0.5) is 0 Å². The van der Waals surface area contributed by atoms with Crippen LogP contribution in [0.1, 0.15) is 18.1 Å². The highest BCUT2D eigenvalue weighted by molar-refractivity contribution is 6.09. The van der Waals surface area contributed by atoms with E-state index < -0.39 is 0 Å². The standard InChI is InChI=1S/C31H27N2/c1-20-17-21(2)22(3)28(18-20)31-25-14-13-24(19-23(25)15-16-32(31)4)33-29-11-7-5-9-26(29)27-10-6-8-12-30(27)33/h5-19H,1-4H3/q+1/i11D. The van der Waals surface area contributed by atoms with Gasteiger partial charge in [0.05, 0.1) is 23.4 Å². The van der Waals surface area contributed by atoms with Crippen molar-refractivity contribution in [3.63, 3.8) is 0 Å². The van der Waals surface area contributed by atoms with Gasteiger partial charge in [-0.15, -0.1) is 0 Å². The molecule has 6 rings (SSSR count). The lowest BCUT2D eigenvalue weighted by atomic mass is 9.94. The van der Waals surface area contributed by atoms with E-state index in [0.717, 1.165) is 22.1 Å². The highest BCUT2D eigenvalue weighted by Crippen LogP contribution is 2.35. The number of hydrogen-bond donors (Lipinski definition) is 0. The minimum absolute atomic E-state index is 0.541. The fourth-order valence-corrected chi connectivity index (χ4v) is 5.24. The fourth-order valence-electron chi connectivity index (χ4n) is 5.24. The van der Waals surface area contributed by atoms with Crippen LogP contribution < -0.4 is 4.57 Å². The zero-order chi connectivity index (χ0) is 23.6. The summed E-state index contributed by atoms with van der Waals surface area (Å²) in [5, 5.41) is 4.72. The van der Waals surface area contributed by atoms with E-state index in [-0.39, 0.29) is 0 Å².